The Bertz CT molecular complexity index is 803. The highest BCUT2D eigenvalue weighted by Crippen LogP contribution is 2.29. The van der Waals surface area contributed by atoms with Gasteiger partial charge < -0.3 is 5.73 Å². The Morgan fingerprint density at radius 2 is 2.10 bits per heavy atom. The number of nitrogen functional groups attached to an aromatic ring is 1. The molecule has 0 radical (unpaired) electrons. The van der Waals surface area contributed by atoms with Gasteiger partial charge in [-0.05, 0) is 36.2 Å². The monoisotopic (exact) mass is 266 g/mol. The number of fused-ring (bicyclic) bond motifs is 1. The summed E-state index contributed by atoms with van der Waals surface area (Å²) in [5.74, 6) is 0.259. The van der Waals surface area contributed by atoms with Gasteiger partial charge in [0.05, 0.1) is 17.4 Å². The summed E-state index contributed by atoms with van der Waals surface area (Å²) in [4.78, 5) is 4.05. The predicted molar refractivity (Wildman–Crippen MR) is 78.0 cm³/mol. The molecule has 0 aliphatic heterocycles. The molecule has 0 bridgehead atoms. The van der Waals surface area contributed by atoms with Crippen molar-refractivity contribution in [3.63, 3.8) is 0 Å². The molecule has 0 saturated carbocycles. The van der Waals surface area contributed by atoms with E-state index in [0.717, 1.165) is 27.9 Å². The summed E-state index contributed by atoms with van der Waals surface area (Å²) in [6.45, 7) is 2.01. The van der Waals surface area contributed by atoms with Gasteiger partial charge in [-0.15, -0.1) is 5.10 Å². The average molecular weight is 266 g/mol. The number of hydrogen-bond donors (Lipinski definition) is 1. The van der Waals surface area contributed by atoms with E-state index >= 15 is 0 Å². The molecular formula is C14H14N6. The largest absolute Gasteiger partial charge is 0.367 e. The molecular weight excluding hydrogens is 252 g/mol. The van der Waals surface area contributed by atoms with Crippen LogP contribution in [0.3, 0.4) is 0 Å². The highest BCUT2D eigenvalue weighted by atomic mass is 15.3. The van der Waals surface area contributed by atoms with Crippen molar-refractivity contribution in [3.8, 4) is 11.1 Å². The van der Waals surface area contributed by atoms with Gasteiger partial charge in [-0.2, -0.15) is 10.2 Å². The van der Waals surface area contributed by atoms with Crippen LogP contribution < -0.4 is 5.73 Å². The van der Waals surface area contributed by atoms with Crippen LogP contribution in [0.25, 0.3) is 16.6 Å². The summed E-state index contributed by atoms with van der Waals surface area (Å²) < 4.78 is 1.73. The third kappa shape index (κ3) is 2.01. The molecule has 3 aromatic rings. The Balaban J connectivity index is 2.13. The van der Waals surface area contributed by atoms with Gasteiger partial charge in [0.1, 0.15) is 0 Å². The van der Waals surface area contributed by atoms with E-state index in [1.807, 2.05) is 31.3 Å². The van der Waals surface area contributed by atoms with Crippen LogP contribution in [0, 0.1) is 6.92 Å². The number of nitrogens with zero attached hydrogens (tertiary/aromatic N) is 5. The number of anilines is 1. The lowest BCUT2D eigenvalue weighted by molar-refractivity contribution is 0.918. The summed E-state index contributed by atoms with van der Waals surface area (Å²) >= 11 is 0. The second kappa shape index (κ2) is 4.73. The third-order valence-electron chi connectivity index (χ3n) is 3.15. The van der Waals surface area contributed by atoms with Crippen molar-refractivity contribution in [2.24, 2.45) is 10.2 Å². The quantitative estimate of drug-likeness (QED) is 0.724. The van der Waals surface area contributed by atoms with Crippen LogP contribution >= 0.6 is 0 Å². The Labute approximate surface area is 116 Å². The lowest BCUT2D eigenvalue weighted by Crippen LogP contribution is -1.99. The van der Waals surface area contributed by atoms with E-state index in [1.165, 1.54) is 0 Å². The highest BCUT2D eigenvalue weighted by Gasteiger charge is 2.08. The van der Waals surface area contributed by atoms with Crippen molar-refractivity contribution in [1.29, 1.82) is 0 Å². The lowest BCUT2D eigenvalue weighted by Gasteiger charge is -2.04. The minimum absolute atomic E-state index is 0.259. The van der Waals surface area contributed by atoms with Crippen LogP contribution in [0.2, 0.25) is 0 Å². The van der Waals surface area contributed by atoms with Crippen LogP contribution in [-0.4, -0.2) is 21.6 Å². The smallest absolute Gasteiger partial charge is 0.238 e. The number of aryl methyl sites for hydroxylation is 1. The molecule has 2 N–H and O–H groups in total. The van der Waals surface area contributed by atoms with Crippen molar-refractivity contribution in [2.75, 3.05) is 12.8 Å². The van der Waals surface area contributed by atoms with Gasteiger partial charge in [0.15, 0.2) is 0 Å². The molecule has 0 aliphatic rings. The van der Waals surface area contributed by atoms with Crippen molar-refractivity contribution in [3.05, 3.63) is 42.2 Å². The van der Waals surface area contributed by atoms with E-state index in [4.69, 9.17) is 5.73 Å². The van der Waals surface area contributed by atoms with E-state index in [1.54, 1.807) is 17.8 Å². The number of rotatable bonds is 2. The first kappa shape index (κ1) is 12.3. The van der Waals surface area contributed by atoms with Crippen LogP contribution in [0.1, 0.15) is 5.56 Å². The first-order valence-electron chi connectivity index (χ1n) is 6.20. The van der Waals surface area contributed by atoms with Crippen LogP contribution in [0.15, 0.2) is 46.9 Å². The zero-order chi connectivity index (χ0) is 14.1. The number of hydrogen-bond acceptors (Lipinski definition) is 5. The maximum Gasteiger partial charge on any atom is 0.238 e. The van der Waals surface area contributed by atoms with Crippen molar-refractivity contribution in [1.82, 2.24) is 14.6 Å². The summed E-state index contributed by atoms with van der Waals surface area (Å²) in [6, 6.07) is 8.05. The topological polar surface area (TPSA) is 80.9 Å². The van der Waals surface area contributed by atoms with E-state index in [0.29, 0.717) is 0 Å². The second-order valence-electron chi connectivity index (χ2n) is 4.48. The van der Waals surface area contributed by atoms with Crippen LogP contribution in [0.4, 0.5) is 11.6 Å². The minimum Gasteiger partial charge on any atom is -0.367 e. The fourth-order valence-electron chi connectivity index (χ4n) is 2.20. The molecule has 3 rings (SSSR count). The second-order valence-corrected chi connectivity index (χ2v) is 4.48. The van der Waals surface area contributed by atoms with E-state index < -0.39 is 0 Å². The molecule has 1 aromatic carbocycles. The average Bonchev–Trinajstić information content (AvgIpc) is 2.84. The number of azo groups is 1. The molecule has 0 atom stereocenters. The Hall–Kier alpha value is -2.76. The number of aromatic nitrogens is 3. The van der Waals surface area contributed by atoms with Crippen molar-refractivity contribution >= 4 is 17.2 Å². The standard InChI is InChI=1S/C14H14N6/c1-9-7-10(3-4-12(9)18-16-2)11-5-6-20-13(11)8-17-14(15)19-20/h3-8H,1-2H3,(H2,15,19). The van der Waals surface area contributed by atoms with Gasteiger partial charge >= 0.3 is 0 Å². The number of benzene rings is 1. The Kier molecular flexibility index (Phi) is 2.90. The number of nitrogens with two attached hydrogens (primary N) is 1. The van der Waals surface area contributed by atoms with E-state index in [9.17, 15) is 0 Å². The van der Waals surface area contributed by atoms with Crippen LogP contribution in [0.5, 0.6) is 0 Å². The van der Waals surface area contributed by atoms with Gasteiger partial charge in [-0.25, -0.2) is 9.50 Å². The first-order valence-corrected chi connectivity index (χ1v) is 6.20. The normalized spacial score (nSPS) is 11.5. The van der Waals surface area contributed by atoms with Gasteiger partial charge in [0.25, 0.3) is 0 Å². The highest BCUT2D eigenvalue weighted by molar-refractivity contribution is 5.81. The Morgan fingerprint density at radius 1 is 1.25 bits per heavy atom. The summed E-state index contributed by atoms with van der Waals surface area (Å²) in [5.41, 5.74) is 10.6. The summed E-state index contributed by atoms with van der Waals surface area (Å²) in [5, 5.41) is 12.0. The third-order valence-corrected chi connectivity index (χ3v) is 3.15. The van der Waals surface area contributed by atoms with Gasteiger partial charge in [0.2, 0.25) is 5.95 Å². The molecule has 6 nitrogen and oxygen atoms in total. The van der Waals surface area contributed by atoms with E-state index in [-0.39, 0.29) is 5.95 Å². The molecule has 2 aromatic heterocycles. The van der Waals surface area contributed by atoms with Gasteiger partial charge in [-0.1, -0.05) is 6.07 Å². The van der Waals surface area contributed by atoms with Gasteiger partial charge in [-0.3, -0.25) is 0 Å². The molecule has 6 heteroatoms. The summed E-state index contributed by atoms with van der Waals surface area (Å²) in [7, 11) is 1.66. The molecule has 20 heavy (non-hydrogen) atoms. The molecule has 0 fully saturated rings. The molecule has 0 unspecified atom stereocenters. The zero-order valence-electron chi connectivity index (χ0n) is 11.3. The molecule has 0 saturated heterocycles. The minimum atomic E-state index is 0.259. The maximum absolute atomic E-state index is 5.58. The molecule has 0 amide bonds. The zero-order valence-corrected chi connectivity index (χ0v) is 11.3. The maximum atomic E-state index is 5.58. The molecule has 0 aliphatic carbocycles. The van der Waals surface area contributed by atoms with Crippen LogP contribution in [-0.2, 0) is 0 Å². The van der Waals surface area contributed by atoms with E-state index in [2.05, 4.69) is 26.4 Å². The molecule has 100 valence electrons. The Morgan fingerprint density at radius 3 is 2.85 bits per heavy atom. The van der Waals surface area contributed by atoms with Crippen molar-refractivity contribution in [2.45, 2.75) is 6.92 Å². The fourth-order valence-corrected chi connectivity index (χ4v) is 2.20. The lowest BCUT2D eigenvalue weighted by atomic mass is 10.0. The molecule has 0 spiro atoms. The summed E-state index contributed by atoms with van der Waals surface area (Å²) in [6.07, 6.45) is 3.60. The van der Waals surface area contributed by atoms with Gasteiger partial charge in [0, 0.05) is 18.8 Å². The molecule has 2 heterocycles. The fraction of sp³-hybridized carbons (Fsp3) is 0.143. The first-order chi connectivity index (χ1) is 9.69. The SMILES string of the molecule is CN=Nc1ccc(-c2ccn3nc(N)ncc23)cc1C. The predicted octanol–water partition coefficient (Wildman–Crippen LogP) is 3.00. The van der Waals surface area contributed by atoms with Crippen molar-refractivity contribution < 1.29 is 0 Å².